The van der Waals surface area contributed by atoms with E-state index in [1.54, 1.807) is 19.2 Å². The lowest BCUT2D eigenvalue weighted by atomic mass is 9.83. The summed E-state index contributed by atoms with van der Waals surface area (Å²) in [6, 6.07) is 5.18. The van der Waals surface area contributed by atoms with Crippen LogP contribution in [-0.4, -0.2) is 31.6 Å². The van der Waals surface area contributed by atoms with Crippen LogP contribution in [0.3, 0.4) is 0 Å². The van der Waals surface area contributed by atoms with E-state index in [0.29, 0.717) is 18.5 Å². The molecule has 20 heavy (non-hydrogen) atoms. The summed E-state index contributed by atoms with van der Waals surface area (Å²) in [6.45, 7) is 1.43. The molecule has 2 unspecified atom stereocenters. The van der Waals surface area contributed by atoms with Crippen molar-refractivity contribution in [1.29, 1.82) is 0 Å². The molecule has 112 valence electrons. The third kappa shape index (κ3) is 3.49. The van der Waals surface area contributed by atoms with Crippen molar-refractivity contribution in [3.05, 3.63) is 29.6 Å². The molecular formula is C16H25FN2O. The Labute approximate surface area is 120 Å². The van der Waals surface area contributed by atoms with Crippen LogP contribution >= 0.6 is 0 Å². The molecule has 0 radical (unpaired) electrons. The number of rotatable bonds is 5. The predicted octanol–water partition coefficient (Wildman–Crippen LogP) is 2.78. The molecule has 2 atom stereocenters. The minimum Gasteiger partial charge on any atom is -0.496 e. The summed E-state index contributed by atoms with van der Waals surface area (Å²) in [4.78, 5) is 2.30. The van der Waals surface area contributed by atoms with Gasteiger partial charge in [0.15, 0.2) is 0 Å². The lowest BCUT2D eigenvalue weighted by Crippen LogP contribution is -2.42. The highest BCUT2D eigenvalue weighted by molar-refractivity contribution is 5.33. The Hall–Kier alpha value is -1.13. The van der Waals surface area contributed by atoms with E-state index < -0.39 is 0 Å². The minimum absolute atomic E-state index is 0.215. The lowest BCUT2D eigenvalue weighted by Gasteiger charge is -2.37. The monoisotopic (exact) mass is 280 g/mol. The largest absolute Gasteiger partial charge is 0.496 e. The van der Waals surface area contributed by atoms with Crippen LogP contribution in [-0.2, 0) is 6.54 Å². The van der Waals surface area contributed by atoms with Gasteiger partial charge >= 0.3 is 0 Å². The van der Waals surface area contributed by atoms with Crippen molar-refractivity contribution < 1.29 is 9.13 Å². The second-order valence-corrected chi connectivity index (χ2v) is 5.72. The summed E-state index contributed by atoms with van der Waals surface area (Å²) < 4.78 is 18.7. The van der Waals surface area contributed by atoms with Gasteiger partial charge in [-0.25, -0.2) is 4.39 Å². The SMILES string of the molecule is COc1ccc(F)cc1CN(C)C1CCCCC1CN. The second kappa shape index (κ2) is 7.04. The number of methoxy groups -OCH3 is 1. The smallest absolute Gasteiger partial charge is 0.123 e. The second-order valence-electron chi connectivity index (χ2n) is 5.72. The van der Waals surface area contributed by atoms with Crippen LogP contribution < -0.4 is 10.5 Å². The van der Waals surface area contributed by atoms with Crippen LogP contribution in [0.15, 0.2) is 18.2 Å². The van der Waals surface area contributed by atoms with E-state index in [-0.39, 0.29) is 5.82 Å². The third-order valence-corrected chi connectivity index (χ3v) is 4.40. The van der Waals surface area contributed by atoms with Gasteiger partial charge in [-0.1, -0.05) is 12.8 Å². The first-order valence-electron chi connectivity index (χ1n) is 7.38. The molecule has 3 nitrogen and oxygen atoms in total. The van der Waals surface area contributed by atoms with Gasteiger partial charge in [0.2, 0.25) is 0 Å². The Morgan fingerprint density at radius 2 is 2.10 bits per heavy atom. The molecule has 1 fully saturated rings. The molecule has 0 amide bonds. The molecule has 1 aromatic carbocycles. The van der Waals surface area contributed by atoms with Gasteiger partial charge in [-0.2, -0.15) is 0 Å². The Morgan fingerprint density at radius 1 is 1.35 bits per heavy atom. The number of benzene rings is 1. The van der Waals surface area contributed by atoms with Crippen molar-refractivity contribution in [3.8, 4) is 5.75 Å². The molecule has 0 aromatic heterocycles. The lowest BCUT2D eigenvalue weighted by molar-refractivity contribution is 0.126. The van der Waals surface area contributed by atoms with Gasteiger partial charge in [0.25, 0.3) is 0 Å². The van der Waals surface area contributed by atoms with Crippen LogP contribution in [0.2, 0.25) is 0 Å². The summed E-state index contributed by atoms with van der Waals surface area (Å²) >= 11 is 0. The maximum Gasteiger partial charge on any atom is 0.123 e. The first-order chi connectivity index (χ1) is 9.65. The summed E-state index contributed by atoms with van der Waals surface area (Å²) in [7, 11) is 3.73. The molecule has 1 aliphatic rings. The van der Waals surface area contributed by atoms with Crippen LogP contribution in [0.5, 0.6) is 5.75 Å². The summed E-state index contributed by atoms with van der Waals surface area (Å²) in [6.07, 6.45) is 4.91. The number of hydrogen-bond donors (Lipinski definition) is 1. The molecule has 1 aliphatic carbocycles. The first kappa shape index (κ1) is 15.3. The normalized spacial score (nSPS) is 23.1. The van der Waals surface area contributed by atoms with E-state index >= 15 is 0 Å². The van der Waals surface area contributed by atoms with Gasteiger partial charge in [0.05, 0.1) is 7.11 Å². The molecule has 0 spiro atoms. The fourth-order valence-corrected chi connectivity index (χ4v) is 3.30. The van der Waals surface area contributed by atoms with Gasteiger partial charge in [0.1, 0.15) is 11.6 Å². The zero-order chi connectivity index (χ0) is 14.5. The number of nitrogens with zero attached hydrogens (tertiary/aromatic N) is 1. The van der Waals surface area contributed by atoms with E-state index in [1.165, 1.54) is 31.7 Å². The highest BCUT2D eigenvalue weighted by Gasteiger charge is 2.27. The van der Waals surface area contributed by atoms with Crippen molar-refractivity contribution in [2.45, 2.75) is 38.3 Å². The third-order valence-electron chi connectivity index (χ3n) is 4.40. The molecular weight excluding hydrogens is 255 g/mol. The van der Waals surface area contributed by atoms with Crippen molar-refractivity contribution >= 4 is 0 Å². The highest BCUT2D eigenvalue weighted by Crippen LogP contribution is 2.29. The van der Waals surface area contributed by atoms with E-state index in [9.17, 15) is 4.39 Å². The van der Waals surface area contributed by atoms with Crippen molar-refractivity contribution in [3.63, 3.8) is 0 Å². The van der Waals surface area contributed by atoms with Crippen LogP contribution in [0.25, 0.3) is 0 Å². The van der Waals surface area contributed by atoms with Crippen LogP contribution in [0.1, 0.15) is 31.2 Å². The number of halogens is 1. The Bertz CT molecular complexity index is 438. The average molecular weight is 280 g/mol. The van der Waals surface area contributed by atoms with E-state index in [1.807, 2.05) is 0 Å². The fourth-order valence-electron chi connectivity index (χ4n) is 3.30. The van der Waals surface area contributed by atoms with Crippen LogP contribution in [0.4, 0.5) is 4.39 Å². The average Bonchev–Trinajstić information content (AvgIpc) is 2.47. The Morgan fingerprint density at radius 3 is 2.80 bits per heavy atom. The van der Waals surface area contributed by atoms with Crippen molar-refractivity contribution in [2.24, 2.45) is 11.7 Å². The molecule has 0 saturated heterocycles. The number of hydrogen-bond acceptors (Lipinski definition) is 3. The fraction of sp³-hybridized carbons (Fsp3) is 0.625. The summed E-state index contributed by atoms with van der Waals surface area (Å²) in [5.74, 6) is 1.08. The molecule has 2 N–H and O–H groups in total. The topological polar surface area (TPSA) is 38.5 Å². The van der Waals surface area contributed by atoms with Crippen LogP contribution in [0, 0.1) is 11.7 Å². The van der Waals surface area contributed by atoms with Gasteiger partial charge in [-0.3, -0.25) is 4.90 Å². The quantitative estimate of drug-likeness (QED) is 0.901. The highest BCUT2D eigenvalue weighted by atomic mass is 19.1. The van der Waals surface area contributed by atoms with Crippen molar-refractivity contribution in [2.75, 3.05) is 20.7 Å². The molecule has 0 bridgehead atoms. The maximum atomic E-state index is 13.4. The van der Waals surface area contributed by atoms with Crippen molar-refractivity contribution in [1.82, 2.24) is 4.90 Å². The molecule has 4 heteroatoms. The first-order valence-corrected chi connectivity index (χ1v) is 7.38. The predicted molar refractivity (Wildman–Crippen MR) is 79.2 cm³/mol. The molecule has 1 saturated carbocycles. The molecule has 1 aromatic rings. The molecule has 2 rings (SSSR count). The zero-order valence-corrected chi connectivity index (χ0v) is 12.4. The zero-order valence-electron chi connectivity index (χ0n) is 12.4. The van der Waals surface area contributed by atoms with Gasteiger partial charge in [-0.05, 0) is 50.6 Å². The molecule has 0 heterocycles. The van der Waals surface area contributed by atoms with Gasteiger partial charge < -0.3 is 10.5 Å². The minimum atomic E-state index is -0.215. The Kier molecular flexibility index (Phi) is 5.38. The summed E-state index contributed by atoms with van der Waals surface area (Å²) in [5.41, 5.74) is 6.79. The standard InChI is InChI=1S/C16H25FN2O/c1-19(15-6-4-3-5-12(15)10-18)11-13-9-14(17)7-8-16(13)20-2/h7-9,12,15H,3-6,10-11,18H2,1-2H3. The van der Waals surface area contributed by atoms with E-state index in [2.05, 4.69) is 11.9 Å². The Balaban J connectivity index is 2.10. The maximum absolute atomic E-state index is 13.4. The van der Waals surface area contributed by atoms with Gasteiger partial charge in [0, 0.05) is 18.2 Å². The number of ether oxygens (including phenoxy) is 1. The molecule has 0 aliphatic heterocycles. The van der Waals surface area contributed by atoms with E-state index in [4.69, 9.17) is 10.5 Å². The number of nitrogens with two attached hydrogens (primary N) is 1. The summed E-state index contributed by atoms with van der Waals surface area (Å²) in [5, 5.41) is 0. The van der Waals surface area contributed by atoms with Gasteiger partial charge in [-0.15, -0.1) is 0 Å². The van der Waals surface area contributed by atoms with E-state index in [0.717, 1.165) is 17.9 Å².